The molecule has 5 nitrogen and oxygen atoms in total. The van der Waals surface area contributed by atoms with Crippen LogP contribution in [0, 0.1) is 19.8 Å². The summed E-state index contributed by atoms with van der Waals surface area (Å²) in [6.45, 7) is 4.88. The van der Waals surface area contributed by atoms with Crippen molar-refractivity contribution < 1.29 is 4.79 Å². The largest absolute Gasteiger partial charge is 0.273 e. The molecule has 2 aromatic carbocycles. The summed E-state index contributed by atoms with van der Waals surface area (Å²) in [5.74, 6) is 0.137. The zero-order valence-corrected chi connectivity index (χ0v) is 16.2. The molecule has 0 saturated heterocycles. The van der Waals surface area contributed by atoms with Crippen LogP contribution in [0.4, 0.5) is 0 Å². The summed E-state index contributed by atoms with van der Waals surface area (Å²) in [6, 6.07) is 16.6. The van der Waals surface area contributed by atoms with Gasteiger partial charge in [-0.1, -0.05) is 42.5 Å². The molecule has 1 amide bonds. The number of hydrazone groups is 1. The lowest BCUT2D eigenvalue weighted by molar-refractivity contribution is -0.122. The van der Waals surface area contributed by atoms with E-state index in [9.17, 15) is 4.79 Å². The van der Waals surface area contributed by atoms with Gasteiger partial charge < -0.3 is 0 Å². The molecule has 1 aromatic heterocycles. The SMILES string of the molecule is Cc1ccc(-c2nn(Cc3ccccc3)cc2/C=N\NC(=O)C2CC2)cc1C. The highest BCUT2D eigenvalue weighted by Crippen LogP contribution is 2.28. The standard InChI is InChI=1S/C23H24N4O/c1-16-8-9-20(12-17(16)2)22-21(13-24-25-23(28)19-10-11-19)15-27(26-22)14-18-6-4-3-5-7-18/h3-9,12-13,15,19H,10-11,14H2,1-2H3,(H,25,28)/b24-13-. The maximum Gasteiger partial charge on any atom is 0.243 e. The maximum atomic E-state index is 11.8. The summed E-state index contributed by atoms with van der Waals surface area (Å²) in [5, 5.41) is 8.98. The monoisotopic (exact) mass is 372 g/mol. The van der Waals surface area contributed by atoms with Crippen LogP contribution in [0.5, 0.6) is 0 Å². The number of hydrogen-bond acceptors (Lipinski definition) is 3. The summed E-state index contributed by atoms with van der Waals surface area (Å²) >= 11 is 0. The molecule has 0 spiro atoms. The molecular weight excluding hydrogens is 348 g/mol. The van der Waals surface area contributed by atoms with E-state index in [0.717, 1.165) is 29.7 Å². The first-order chi connectivity index (χ1) is 13.6. The first-order valence-electron chi connectivity index (χ1n) is 9.62. The van der Waals surface area contributed by atoms with Crippen molar-refractivity contribution in [1.82, 2.24) is 15.2 Å². The number of hydrogen-bond donors (Lipinski definition) is 1. The topological polar surface area (TPSA) is 59.3 Å². The van der Waals surface area contributed by atoms with E-state index < -0.39 is 0 Å². The van der Waals surface area contributed by atoms with Gasteiger partial charge in [0.1, 0.15) is 5.69 Å². The highest BCUT2D eigenvalue weighted by Gasteiger charge is 2.29. The Labute approximate surface area is 165 Å². The van der Waals surface area contributed by atoms with E-state index in [0.29, 0.717) is 6.54 Å². The zero-order valence-electron chi connectivity index (χ0n) is 16.2. The van der Waals surface area contributed by atoms with Gasteiger partial charge in [0, 0.05) is 23.2 Å². The highest BCUT2D eigenvalue weighted by atomic mass is 16.2. The predicted octanol–water partition coefficient (Wildman–Crippen LogP) is 4.08. The molecule has 1 heterocycles. The van der Waals surface area contributed by atoms with Gasteiger partial charge >= 0.3 is 0 Å². The molecule has 0 radical (unpaired) electrons. The normalized spacial score (nSPS) is 13.8. The highest BCUT2D eigenvalue weighted by molar-refractivity contribution is 5.90. The number of benzene rings is 2. The van der Waals surface area contributed by atoms with E-state index in [1.165, 1.54) is 16.7 Å². The van der Waals surface area contributed by atoms with Crippen molar-refractivity contribution in [3.8, 4) is 11.3 Å². The quantitative estimate of drug-likeness (QED) is 0.524. The molecule has 1 fully saturated rings. The minimum atomic E-state index is 0.000609. The molecule has 1 aliphatic rings. The molecule has 1 N–H and O–H groups in total. The van der Waals surface area contributed by atoms with Gasteiger partial charge in [-0.3, -0.25) is 9.48 Å². The van der Waals surface area contributed by atoms with Crippen molar-refractivity contribution >= 4 is 12.1 Å². The molecule has 1 saturated carbocycles. The fourth-order valence-corrected chi connectivity index (χ4v) is 3.10. The first kappa shape index (κ1) is 18.2. The van der Waals surface area contributed by atoms with Gasteiger partial charge in [-0.05, 0) is 49.4 Å². The Morgan fingerprint density at radius 1 is 1.18 bits per heavy atom. The lowest BCUT2D eigenvalue weighted by Crippen LogP contribution is -2.18. The van der Waals surface area contributed by atoms with Crippen molar-refractivity contribution in [2.75, 3.05) is 0 Å². The Bertz CT molecular complexity index is 1020. The second-order valence-electron chi connectivity index (χ2n) is 7.42. The molecule has 5 heteroatoms. The number of carbonyl (C=O) groups excluding carboxylic acids is 1. The van der Waals surface area contributed by atoms with Crippen LogP contribution in [0.15, 0.2) is 59.8 Å². The van der Waals surface area contributed by atoms with E-state index in [1.54, 1.807) is 6.21 Å². The smallest absolute Gasteiger partial charge is 0.243 e. The number of aryl methyl sites for hydroxylation is 2. The zero-order chi connectivity index (χ0) is 19.5. The van der Waals surface area contributed by atoms with Crippen molar-refractivity contribution in [2.45, 2.75) is 33.2 Å². The third kappa shape index (κ3) is 4.19. The lowest BCUT2D eigenvalue weighted by Gasteiger charge is -2.04. The average Bonchev–Trinajstić information content (AvgIpc) is 3.47. The van der Waals surface area contributed by atoms with Gasteiger partial charge in [0.2, 0.25) is 5.91 Å². The molecule has 0 aliphatic heterocycles. The van der Waals surface area contributed by atoms with Crippen LogP contribution in [0.1, 0.15) is 35.1 Å². The molecule has 1 aliphatic carbocycles. The fraction of sp³-hybridized carbons (Fsp3) is 0.261. The number of nitrogens with one attached hydrogen (secondary N) is 1. The van der Waals surface area contributed by atoms with Crippen LogP contribution in [-0.2, 0) is 11.3 Å². The Kier molecular flexibility index (Phi) is 5.06. The maximum absolute atomic E-state index is 11.8. The molecule has 0 bridgehead atoms. The Morgan fingerprint density at radius 3 is 2.68 bits per heavy atom. The van der Waals surface area contributed by atoms with E-state index in [-0.39, 0.29) is 11.8 Å². The van der Waals surface area contributed by atoms with Gasteiger partial charge in [0.15, 0.2) is 0 Å². The van der Waals surface area contributed by atoms with E-state index >= 15 is 0 Å². The average molecular weight is 372 g/mol. The van der Waals surface area contributed by atoms with Crippen LogP contribution in [-0.4, -0.2) is 21.9 Å². The van der Waals surface area contributed by atoms with Crippen LogP contribution in [0.2, 0.25) is 0 Å². The second kappa shape index (κ2) is 7.80. The van der Waals surface area contributed by atoms with E-state index in [1.807, 2.05) is 29.1 Å². The van der Waals surface area contributed by atoms with Gasteiger partial charge in [-0.25, -0.2) is 5.43 Å². The van der Waals surface area contributed by atoms with E-state index in [4.69, 9.17) is 5.10 Å². The molecule has 3 aromatic rings. The fourth-order valence-electron chi connectivity index (χ4n) is 3.10. The number of carbonyl (C=O) groups is 1. The molecule has 4 rings (SSSR count). The van der Waals surface area contributed by atoms with Crippen molar-refractivity contribution in [3.63, 3.8) is 0 Å². The minimum absolute atomic E-state index is 0.000609. The van der Waals surface area contributed by atoms with E-state index in [2.05, 4.69) is 54.7 Å². The lowest BCUT2D eigenvalue weighted by atomic mass is 10.0. The number of amides is 1. The van der Waals surface area contributed by atoms with Gasteiger partial charge in [-0.2, -0.15) is 10.2 Å². The van der Waals surface area contributed by atoms with Crippen LogP contribution < -0.4 is 5.43 Å². The molecule has 142 valence electrons. The van der Waals surface area contributed by atoms with Gasteiger partial charge in [-0.15, -0.1) is 0 Å². The van der Waals surface area contributed by atoms with Crippen molar-refractivity contribution in [1.29, 1.82) is 0 Å². The summed E-state index contributed by atoms with van der Waals surface area (Å²) in [4.78, 5) is 11.8. The van der Waals surface area contributed by atoms with Gasteiger partial charge in [0.05, 0.1) is 12.8 Å². The predicted molar refractivity (Wildman–Crippen MR) is 111 cm³/mol. The van der Waals surface area contributed by atoms with Crippen LogP contribution in [0.25, 0.3) is 11.3 Å². The minimum Gasteiger partial charge on any atom is -0.273 e. The van der Waals surface area contributed by atoms with Crippen molar-refractivity contribution in [3.05, 3.63) is 77.0 Å². The first-order valence-corrected chi connectivity index (χ1v) is 9.62. The molecule has 0 atom stereocenters. The second-order valence-corrected chi connectivity index (χ2v) is 7.42. The molecule has 28 heavy (non-hydrogen) atoms. The number of nitrogens with zero attached hydrogens (tertiary/aromatic N) is 3. The van der Waals surface area contributed by atoms with Crippen molar-refractivity contribution in [2.24, 2.45) is 11.0 Å². The van der Waals surface area contributed by atoms with Gasteiger partial charge in [0.25, 0.3) is 0 Å². The third-order valence-corrected chi connectivity index (χ3v) is 5.08. The Morgan fingerprint density at radius 2 is 1.96 bits per heavy atom. The third-order valence-electron chi connectivity index (χ3n) is 5.08. The molecular formula is C23H24N4O. The summed E-state index contributed by atoms with van der Waals surface area (Å²) < 4.78 is 1.92. The summed E-state index contributed by atoms with van der Waals surface area (Å²) in [5.41, 5.74) is 9.09. The number of rotatable bonds is 6. The molecule has 0 unspecified atom stereocenters. The number of aromatic nitrogens is 2. The van der Waals surface area contributed by atoms with Crippen LogP contribution in [0.3, 0.4) is 0 Å². The summed E-state index contributed by atoms with van der Waals surface area (Å²) in [6.07, 6.45) is 5.60. The van der Waals surface area contributed by atoms with Crippen LogP contribution >= 0.6 is 0 Å². The summed E-state index contributed by atoms with van der Waals surface area (Å²) in [7, 11) is 0. The Hall–Kier alpha value is -3.21. The Balaban J connectivity index is 1.63.